The van der Waals surface area contributed by atoms with Gasteiger partial charge in [-0.05, 0) is 38.8 Å². The molecule has 2 amide bonds. The lowest BCUT2D eigenvalue weighted by molar-refractivity contribution is 0.204. The van der Waals surface area contributed by atoms with Crippen LogP contribution in [0.5, 0.6) is 0 Å². The van der Waals surface area contributed by atoms with Crippen LogP contribution in [0.3, 0.4) is 0 Å². The number of likely N-dealkylation sites (tertiary alicyclic amines) is 1. The Hall–Kier alpha value is -3.16. The van der Waals surface area contributed by atoms with Gasteiger partial charge in [0.25, 0.3) is 0 Å². The number of carbonyl (C=O) groups excluding carboxylic acids is 1. The van der Waals surface area contributed by atoms with Gasteiger partial charge in [0, 0.05) is 24.3 Å². The molecule has 0 radical (unpaired) electrons. The van der Waals surface area contributed by atoms with Gasteiger partial charge in [0.05, 0.1) is 18.3 Å². The van der Waals surface area contributed by atoms with Gasteiger partial charge < -0.3 is 14.7 Å². The molecule has 4 rings (SSSR count). The Morgan fingerprint density at radius 3 is 2.86 bits per heavy atom. The predicted octanol–water partition coefficient (Wildman–Crippen LogP) is 3.01. The molecule has 0 unspecified atom stereocenters. The van der Waals surface area contributed by atoms with E-state index in [2.05, 4.69) is 26.6 Å². The van der Waals surface area contributed by atoms with Crippen molar-refractivity contribution in [3.8, 4) is 11.4 Å². The maximum atomic E-state index is 12.5. The molecule has 1 aliphatic heterocycles. The number of nitrogens with zero attached hydrogens (tertiary/aromatic N) is 5. The highest BCUT2D eigenvalue weighted by Crippen LogP contribution is 2.23. The van der Waals surface area contributed by atoms with Crippen molar-refractivity contribution in [2.24, 2.45) is 0 Å². The van der Waals surface area contributed by atoms with Crippen molar-refractivity contribution in [3.05, 3.63) is 53.2 Å². The quantitative estimate of drug-likeness (QED) is 0.751. The van der Waals surface area contributed by atoms with Gasteiger partial charge >= 0.3 is 6.03 Å². The maximum absolute atomic E-state index is 12.5. The van der Waals surface area contributed by atoms with E-state index in [0.29, 0.717) is 24.8 Å². The number of hydrogen-bond donors (Lipinski definition) is 1. The summed E-state index contributed by atoms with van der Waals surface area (Å²) in [5, 5.41) is 11.4. The Morgan fingerprint density at radius 1 is 1.29 bits per heavy atom. The molecule has 28 heavy (non-hydrogen) atoms. The highest BCUT2D eigenvalue weighted by atomic mass is 16.5. The number of aryl methyl sites for hydroxylation is 3. The van der Waals surface area contributed by atoms with Crippen LogP contribution >= 0.6 is 0 Å². The highest BCUT2D eigenvalue weighted by Gasteiger charge is 2.28. The Labute approximate surface area is 163 Å². The molecule has 1 aromatic carbocycles. The Bertz CT molecular complexity index is 992. The number of benzene rings is 1. The van der Waals surface area contributed by atoms with Gasteiger partial charge in [-0.1, -0.05) is 29.4 Å². The minimum Gasteiger partial charge on any atom is -0.337 e. The summed E-state index contributed by atoms with van der Waals surface area (Å²) in [6.45, 7) is 7.58. The monoisotopic (exact) mass is 380 g/mol. The Morgan fingerprint density at radius 2 is 2.11 bits per heavy atom. The second kappa shape index (κ2) is 7.46. The lowest BCUT2D eigenvalue weighted by Gasteiger charge is -2.17. The van der Waals surface area contributed by atoms with Crippen molar-refractivity contribution in [1.82, 2.24) is 30.1 Å². The normalized spacial score (nSPS) is 16.5. The lowest BCUT2D eigenvalue weighted by Crippen LogP contribution is -2.38. The van der Waals surface area contributed by atoms with Gasteiger partial charge in [0.1, 0.15) is 0 Å². The minimum atomic E-state index is -0.125. The van der Waals surface area contributed by atoms with E-state index < -0.39 is 0 Å². The van der Waals surface area contributed by atoms with Crippen molar-refractivity contribution in [2.45, 2.75) is 39.8 Å². The largest absolute Gasteiger partial charge is 0.337 e. The predicted molar refractivity (Wildman–Crippen MR) is 104 cm³/mol. The molecule has 1 N–H and O–H groups in total. The van der Waals surface area contributed by atoms with Crippen molar-refractivity contribution >= 4 is 6.03 Å². The fourth-order valence-corrected chi connectivity index (χ4v) is 3.66. The third-order valence-electron chi connectivity index (χ3n) is 5.09. The summed E-state index contributed by atoms with van der Waals surface area (Å²) in [6, 6.07) is 10.0. The van der Waals surface area contributed by atoms with Gasteiger partial charge in [-0.25, -0.2) is 4.79 Å². The molecule has 3 aromatic rings. The molecule has 0 saturated carbocycles. The van der Waals surface area contributed by atoms with Crippen LogP contribution in [0.25, 0.3) is 11.4 Å². The number of nitrogens with one attached hydrogen (secondary N) is 1. The molecule has 8 heteroatoms. The molecule has 3 heterocycles. The van der Waals surface area contributed by atoms with Gasteiger partial charge in [-0.3, -0.25) is 4.68 Å². The van der Waals surface area contributed by atoms with Crippen LogP contribution in [-0.2, 0) is 6.54 Å². The van der Waals surface area contributed by atoms with Crippen LogP contribution < -0.4 is 5.32 Å². The first kappa shape index (κ1) is 18.2. The second-order valence-electron chi connectivity index (χ2n) is 7.25. The highest BCUT2D eigenvalue weighted by molar-refractivity contribution is 5.74. The SMILES string of the molecule is Cc1cc(C)n([C@H]2CCN(C(=O)NCc3nc(-c4ccccc4C)no3)C2)n1. The zero-order valence-corrected chi connectivity index (χ0v) is 16.3. The van der Waals surface area contributed by atoms with E-state index >= 15 is 0 Å². The molecule has 0 bridgehead atoms. The average molecular weight is 380 g/mol. The van der Waals surface area contributed by atoms with E-state index in [0.717, 1.165) is 28.9 Å². The average Bonchev–Trinajstić information content (AvgIpc) is 3.40. The van der Waals surface area contributed by atoms with Gasteiger partial charge in [0.2, 0.25) is 11.7 Å². The van der Waals surface area contributed by atoms with Gasteiger partial charge in [-0.2, -0.15) is 10.1 Å². The second-order valence-corrected chi connectivity index (χ2v) is 7.25. The molecule has 8 nitrogen and oxygen atoms in total. The van der Waals surface area contributed by atoms with Crippen molar-refractivity contribution in [3.63, 3.8) is 0 Å². The fourth-order valence-electron chi connectivity index (χ4n) is 3.66. The van der Waals surface area contributed by atoms with E-state index in [4.69, 9.17) is 4.52 Å². The van der Waals surface area contributed by atoms with E-state index in [9.17, 15) is 4.79 Å². The Kier molecular flexibility index (Phi) is 4.85. The van der Waals surface area contributed by atoms with Crippen LogP contribution in [0.1, 0.15) is 35.3 Å². The molecule has 1 fully saturated rings. The molecule has 1 saturated heterocycles. The molecule has 2 aromatic heterocycles. The van der Waals surface area contributed by atoms with Crippen LogP contribution in [0.4, 0.5) is 4.79 Å². The number of urea groups is 1. The number of carbonyl (C=O) groups is 1. The standard InChI is InChI=1S/C20H24N6O2/c1-13-6-4-5-7-17(13)19-22-18(28-24-19)11-21-20(27)25-9-8-16(12-25)26-15(3)10-14(2)23-26/h4-7,10,16H,8-9,11-12H2,1-3H3,(H,21,27)/t16-/m0/s1. The first-order valence-electron chi connectivity index (χ1n) is 9.45. The summed E-state index contributed by atoms with van der Waals surface area (Å²) >= 11 is 0. The maximum Gasteiger partial charge on any atom is 0.317 e. The lowest BCUT2D eigenvalue weighted by atomic mass is 10.1. The first-order valence-corrected chi connectivity index (χ1v) is 9.45. The zero-order valence-electron chi connectivity index (χ0n) is 16.3. The third-order valence-corrected chi connectivity index (χ3v) is 5.09. The number of hydrogen-bond acceptors (Lipinski definition) is 5. The van der Waals surface area contributed by atoms with Gasteiger partial charge in [0.15, 0.2) is 0 Å². The first-order chi connectivity index (χ1) is 13.5. The van der Waals surface area contributed by atoms with E-state index in [1.807, 2.05) is 49.7 Å². The van der Waals surface area contributed by atoms with Crippen LogP contribution in [0, 0.1) is 20.8 Å². The molecule has 0 spiro atoms. The molecule has 0 aliphatic carbocycles. The fraction of sp³-hybridized carbons (Fsp3) is 0.400. The molecule has 146 valence electrons. The summed E-state index contributed by atoms with van der Waals surface area (Å²) in [5.74, 6) is 0.925. The number of rotatable bonds is 4. The molecular formula is C20H24N6O2. The topological polar surface area (TPSA) is 89.1 Å². The van der Waals surface area contributed by atoms with Crippen LogP contribution in [0.15, 0.2) is 34.9 Å². The summed E-state index contributed by atoms with van der Waals surface area (Å²) < 4.78 is 7.31. The van der Waals surface area contributed by atoms with E-state index in [-0.39, 0.29) is 18.6 Å². The smallest absolute Gasteiger partial charge is 0.317 e. The van der Waals surface area contributed by atoms with Crippen LogP contribution in [-0.4, -0.2) is 43.9 Å². The zero-order chi connectivity index (χ0) is 19.7. The summed E-state index contributed by atoms with van der Waals surface area (Å²) in [6.07, 6.45) is 0.896. The van der Waals surface area contributed by atoms with E-state index in [1.165, 1.54) is 0 Å². The van der Waals surface area contributed by atoms with Gasteiger partial charge in [-0.15, -0.1) is 0 Å². The summed E-state index contributed by atoms with van der Waals surface area (Å²) in [5.41, 5.74) is 4.13. The minimum absolute atomic E-state index is 0.125. The van der Waals surface area contributed by atoms with Crippen molar-refractivity contribution in [2.75, 3.05) is 13.1 Å². The molecule has 1 aliphatic rings. The van der Waals surface area contributed by atoms with E-state index in [1.54, 1.807) is 4.90 Å². The number of amides is 2. The summed E-state index contributed by atoms with van der Waals surface area (Å²) in [7, 11) is 0. The Balaban J connectivity index is 1.34. The van der Waals surface area contributed by atoms with Crippen molar-refractivity contribution < 1.29 is 9.32 Å². The van der Waals surface area contributed by atoms with Crippen molar-refractivity contribution in [1.29, 1.82) is 0 Å². The summed E-state index contributed by atoms with van der Waals surface area (Å²) in [4.78, 5) is 18.7. The molecule has 1 atom stereocenters. The third kappa shape index (κ3) is 3.62. The van der Waals surface area contributed by atoms with Crippen LogP contribution in [0.2, 0.25) is 0 Å². The number of aromatic nitrogens is 4. The molecular weight excluding hydrogens is 356 g/mol.